The number of ether oxygens (including phenoxy) is 1. The molecule has 0 saturated heterocycles. The van der Waals surface area contributed by atoms with E-state index in [9.17, 15) is 13.2 Å². The largest absolute Gasteiger partial charge is 0.484 e. The van der Waals surface area contributed by atoms with E-state index >= 15 is 0 Å². The Morgan fingerprint density at radius 3 is 2.46 bits per heavy atom. The van der Waals surface area contributed by atoms with E-state index in [2.05, 4.69) is 10.3 Å². The highest BCUT2D eigenvalue weighted by atomic mass is 32.2. The van der Waals surface area contributed by atoms with Gasteiger partial charge < -0.3 is 10.1 Å². The molecule has 3 aromatic rings. The van der Waals surface area contributed by atoms with Crippen LogP contribution in [0.15, 0.2) is 84.0 Å². The highest BCUT2D eigenvalue weighted by Gasteiger charge is 2.21. The average Bonchev–Trinajstić information content (AvgIpc) is 2.73. The number of carbonyl (C=O) groups excluding carboxylic acids is 1. The Morgan fingerprint density at radius 2 is 1.75 bits per heavy atom. The minimum absolute atomic E-state index is 0.195. The van der Waals surface area contributed by atoms with Crippen LogP contribution in [0.3, 0.4) is 0 Å². The van der Waals surface area contributed by atoms with Crippen molar-refractivity contribution in [3.05, 3.63) is 79.1 Å². The van der Waals surface area contributed by atoms with Crippen LogP contribution in [0.2, 0.25) is 0 Å². The summed E-state index contributed by atoms with van der Waals surface area (Å²) < 4.78 is 32.1. The lowest BCUT2D eigenvalue weighted by Gasteiger charge is -2.20. The molecule has 7 nitrogen and oxygen atoms in total. The molecule has 28 heavy (non-hydrogen) atoms. The van der Waals surface area contributed by atoms with Gasteiger partial charge in [-0.25, -0.2) is 8.42 Å². The maximum absolute atomic E-state index is 12.7. The minimum Gasteiger partial charge on any atom is -0.484 e. The molecule has 1 heterocycles. The number of rotatable bonds is 7. The summed E-state index contributed by atoms with van der Waals surface area (Å²) in [7, 11) is -2.22. The zero-order valence-corrected chi connectivity index (χ0v) is 16.0. The topological polar surface area (TPSA) is 88.6 Å². The molecule has 144 valence electrons. The molecule has 0 aliphatic rings. The molecule has 1 aromatic heterocycles. The first-order valence-electron chi connectivity index (χ1n) is 8.43. The summed E-state index contributed by atoms with van der Waals surface area (Å²) in [6.45, 7) is -0.207. The lowest BCUT2D eigenvalue weighted by Crippen LogP contribution is -2.26. The average molecular weight is 397 g/mol. The molecular weight excluding hydrogens is 378 g/mol. The normalized spacial score (nSPS) is 10.9. The SMILES string of the molecule is CN(c1cccc(OCC(=O)Nc2ccncc2)c1)S(=O)(=O)c1ccccc1. The van der Waals surface area contributed by atoms with Crippen LogP contribution in [0.5, 0.6) is 5.75 Å². The lowest BCUT2D eigenvalue weighted by molar-refractivity contribution is -0.118. The van der Waals surface area contributed by atoms with Gasteiger partial charge in [0.15, 0.2) is 6.61 Å². The molecular formula is C20H19N3O4S. The van der Waals surface area contributed by atoms with Gasteiger partial charge in [-0.3, -0.25) is 14.1 Å². The van der Waals surface area contributed by atoms with E-state index in [0.29, 0.717) is 17.1 Å². The Morgan fingerprint density at radius 1 is 1.04 bits per heavy atom. The number of nitrogens with one attached hydrogen (secondary N) is 1. The first kappa shape index (κ1) is 19.4. The molecule has 3 rings (SSSR count). The van der Waals surface area contributed by atoms with Crippen molar-refractivity contribution in [2.24, 2.45) is 0 Å². The molecule has 8 heteroatoms. The summed E-state index contributed by atoms with van der Waals surface area (Å²) in [4.78, 5) is 16.1. The van der Waals surface area contributed by atoms with Gasteiger partial charge in [0.2, 0.25) is 0 Å². The van der Waals surface area contributed by atoms with E-state index in [0.717, 1.165) is 0 Å². The number of nitrogens with zero attached hydrogens (tertiary/aromatic N) is 2. The number of amides is 1. The fraction of sp³-hybridized carbons (Fsp3) is 0.100. The van der Waals surface area contributed by atoms with Crippen molar-refractivity contribution in [1.82, 2.24) is 4.98 Å². The standard InChI is InChI=1S/C20H19N3O4S/c1-23(28(25,26)19-8-3-2-4-9-19)17-6-5-7-18(14-17)27-15-20(24)22-16-10-12-21-13-11-16/h2-14H,15H2,1H3,(H,21,22,24). The molecule has 1 N–H and O–H groups in total. The monoisotopic (exact) mass is 397 g/mol. The van der Waals surface area contributed by atoms with Crippen molar-refractivity contribution >= 4 is 27.3 Å². The molecule has 0 spiro atoms. The van der Waals surface area contributed by atoms with Gasteiger partial charge in [0, 0.05) is 31.2 Å². The highest BCUT2D eigenvalue weighted by molar-refractivity contribution is 7.92. The molecule has 0 saturated carbocycles. The molecule has 2 aromatic carbocycles. The molecule has 1 amide bonds. The molecule has 0 fully saturated rings. The lowest BCUT2D eigenvalue weighted by atomic mass is 10.3. The van der Waals surface area contributed by atoms with Crippen molar-refractivity contribution in [2.75, 3.05) is 23.3 Å². The molecule has 0 aliphatic heterocycles. The highest BCUT2D eigenvalue weighted by Crippen LogP contribution is 2.25. The van der Waals surface area contributed by atoms with Crippen molar-refractivity contribution in [1.29, 1.82) is 0 Å². The first-order chi connectivity index (χ1) is 13.5. The van der Waals surface area contributed by atoms with E-state index in [1.807, 2.05) is 0 Å². The predicted molar refractivity (Wildman–Crippen MR) is 107 cm³/mol. The van der Waals surface area contributed by atoms with Crippen LogP contribution in [0.1, 0.15) is 0 Å². The number of hydrogen-bond donors (Lipinski definition) is 1. The summed E-state index contributed by atoms with van der Waals surface area (Å²) in [5.41, 5.74) is 1.04. The summed E-state index contributed by atoms with van der Waals surface area (Å²) in [6, 6.07) is 18.1. The van der Waals surface area contributed by atoms with Gasteiger partial charge in [-0.15, -0.1) is 0 Å². The van der Waals surface area contributed by atoms with Gasteiger partial charge in [-0.05, 0) is 36.4 Å². The Balaban J connectivity index is 1.67. The van der Waals surface area contributed by atoms with Gasteiger partial charge in [-0.2, -0.15) is 0 Å². The summed E-state index contributed by atoms with van der Waals surface area (Å²) in [5, 5.41) is 2.69. The van der Waals surface area contributed by atoms with Crippen molar-refractivity contribution in [2.45, 2.75) is 4.90 Å². The fourth-order valence-corrected chi connectivity index (χ4v) is 3.65. The van der Waals surface area contributed by atoms with Crippen molar-refractivity contribution < 1.29 is 17.9 Å². The van der Waals surface area contributed by atoms with E-state index in [4.69, 9.17) is 4.74 Å². The second-order valence-electron chi connectivity index (χ2n) is 5.86. The van der Waals surface area contributed by atoms with E-state index < -0.39 is 10.0 Å². The second-order valence-corrected chi connectivity index (χ2v) is 7.82. The molecule has 0 bridgehead atoms. The fourth-order valence-electron chi connectivity index (χ4n) is 2.44. The summed E-state index contributed by atoms with van der Waals surface area (Å²) in [6.07, 6.45) is 3.14. The van der Waals surface area contributed by atoms with Crippen LogP contribution in [0, 0.1) is 0 Å². The number of anilines is 2. The number of sulfonamides is 1. The number of aromatic nitrogens is 1. The molecule has 0 radical (unpaired) electrons. The molecule has 0 aliphatic carbocycles. The third kappa shape index (κ3) is 4.66. The zero-order valence-electron chi connectivity index (χ0n) is 15.1. The van der Waals surface area contributed by atoms with Crippen LogP contribution in [0.25, 0.3) is 0 Å². The zero-order chi connectivity index (χ0) is 20.0. The van der Waals surface area contributed by atoms with Crippen LogP contribution >= 0.6 is 0 Å². The van der Waals surface area contributed by atoms with Crippen LogP contribution in [-0.2, 0) is 14.8 Å². The number of carbonyl (C=O) groups is 1. The molecule has 0 atom stereocenters. The third-order valence-corrected chi connectivity index (χ3v) is 5.72. The maximum atomic E-state index is 12.7. The number of benzene rings is 2. The van der Waals surface area contributed by atoms with Gasteiger partial charge in [0.25, 0.3) is 15.9 Å². The van der Waals surface area contributed by atoms with Crippen LogP contribution in [0.4, 0.5) is 11.4 Å². The maximum Gasteiger partial charge on any atom is 0.264 e. The number of pyridine rings is 1. The van der Waals surface area contributed by atoms with Gasteiger partial charge in [-0.1, -0.05) is 24.3 Å². The summed E-state index contributed by atoms with van der Waals surface area (Å²) >= 11 is 0. The Bertz CT molecular complexity index is 1040. The van der Waals surface area contributed by atoms with E-state index in [-0.39, 0.29) is 17.4 Å². The second kappa shape index (κ2) is 8.53. The third-order valence-electron chi connectivity index (χ3n) is 3.92. The predicted octanol–water partition coefficient (Wildman–Crippen LogP) is 2.92. The van der Waals surface area contributed by atoms with Crippen molar-refractivity contribution in [3.8, 4) is 5.75 Å². The van der Waals surface area contributed by atoms with Gasteiger partial charge in [0.05, 0.1) is 10.6 Å². The van der Waals surface area contributed by atoms with Crippen LogP contribution in [-0.4, -0.2) is 33.0 Å². The first-order valence-corrected chi connectivity index (χ1v) is 9.87. The molecule has 0 unspecified atom stereocenters. The van der Waals surface area contributed by atoms with Crippen molar-refractivity contribution in [3.63, 3.8) is 0 Å². The summed E-state index contributed by atoms with van der Waals surface area (Å²) in [5.74, 6) is 0.0550. The van der Waals surface area contributed by atoms with Gasteiger partial charge >= 0.3 is 0 Å². The number of hydrogen-bond acceptors (Lipinski definition) is 5. The smallest absolute Gasteiger partial charge is 0.264 e. The quantitative estimate of drug-likeness (QED) is 0.662. The minimum atomic E-state index is -3.69. The Labute approximate surface area is 163 Å². The Hall–Kier alpha value is -3.39. The van der Waals surface area contributed by atoms with Gasteiger partial charge in [0.1, 0.15) is 5.75 Å². The van der Waals surface area contributed by atoms with E-state index in [1.165, 1.54) is 23.5 Å². The van der Waals surface area contributed by atoms with E-state index in [1.54, 1.807) is 67.0 Å². The van der Waals surface area contributed by atoms with Crippen LogP contribution < -0.4 is 14.4 Å². The Kier molecular flexibility index (Phi) is 5.90.